The molecule has 7 heteroatoms. The van der Waals surface area contributed by atoms with E-state index in [0.717, 1.165) is 34.1 Å². The molecule has 2 heterocycles. The number of benzene rings is 1. The summed E-state index contributed by atoms with van der Waals surface area (Å²) in [4.78, 5) is 12.9. The first-order chi connectivity index (χ1) is 14.4. The van der Waals surface area contributed by atoms with Crippen molar-refractivity contribution in [3.05, 3.63) is 59.9 Å². The van der Waals surface area contributed by atoms with Crippen LogP contribution in [0.25, 0.3) is 11.4 Å². The Morgan fingerprint density at radius 2 is 1.93 bits per heavy atom. The lowest BCUT2D eigenvalue weighted by Crippen LogP contribution is -2.09. The summed E-state index contributed by atoms with van der Waals surface area (Å²) in [6, 6.07) is 9.98. The molecule has 0 bridgehead atoms. The number of rotatable bonds is 9. The van der Waals surface area contributed by atoms with E-state index in [2.05, 4.69) is 35.2 Å². The van der Waals surface area contributed by atoms with E-state index in [-0.39, 0.29) is 5.78 Å². The molecule has 3 aromatic rings. The van der Waals surface area contributed by atoms with Crippen molar-refractivity contribution in [2.75, 3.05) is 12.9 Å². The van der Waals surface area contributed by atoms with Gasteiger partial charge in [-0.3, -0.25) is 9.36 Å². The van der Waals surface area contributed by atoms with Crippen LogP contribution in [-0.2, 0) is 6.54 Å². The van der Waals surface area contributed by atoms with E-state index in [0.29, 0.717) is 23.5 Å². The van der Waals surface area contributed by atoms with Crippen LogP contribution in [0.5, 0.6) is 5.75 Å². The fourth-order valence-electron chi connectivity index (χ4n) is 3.70. The molecular weight excluding hydrogens is 396 g/mol. The van der Waals surface area contributed by atoms with Crippen LogP contribution >= 0.6 is 11.8 Å². The molecule has 0 N–H and O–H groups in total. The van der Waals surface area contributed by atoms with Crippen molar-refractivity contribution < 1.29 is 9.53 Å². The number of allylic oxidation sites excluding steroid dienone is 1. The molecule has 0 atom stereocenters. The van der Waals surface area contributed by atoms with Crippen LogP contribution in [0, 0.1) is 13.8 Å². The molecule has 0 aliphatic rings. The Bertz CT molecular complexity index is 1050. The van der Waals surface area contributed by atoms with Gasteiger partial charge in [-0.05, 0) is 58.0 Å². The van der Waals surface area contributed by atoms with Crippen molar-refractivity contribution in [1.29, 1.82) is 0 Å². The van der Waals surface area contributed by atoms with E-state index in [1.807, 2.05) is 48.7 Å². The maximum absolute atomic E-state index is 12.9. The fourth-order valence-corrected chi connectivity index (χ4v) is 4.54. The average Bonchev–Trinajstić information content (AvgIpc) is 3.26. The lowest BCUT2D eigenvalue weighted by Gasteiger charge is -2.13. The summed E-state index contributed by atoms with van der Waals surface area (Å²) >= 11 is 1.40. The standard InChI is InChI=1S/C23H28N4O2S/c1-7-12-26-22(18-8-10-19(29-6)11-9-18)24-25-23(26)30-14-21(28)20-13-16(4)27(15(2)3)17(20)5/h7-11,13,15H,1,12,14H2,2-6H3. The zero-order chi connectivity index (χ0) is 21.8. The maximum Gasteiger partial charge on any atom is 0.192 e. The first-order valence-electron chi connectivity index (χ1n) is 9.90. The molecule has 158 valence electrons. The Morgan fingerprint density at radius 1 is 1.23 bits per heavy atom. The topological polar surface area (TPSA) is 61.9 Å². The minimum atomic E-state index is 0.0964. The van der Waals surface area contributed by atoms with Gasteiger partial charge in [-0.25, -0.2) is 0 Å². The predicted molar refractivity (Wildman–Crippen MR) is 122 cm³/mol. The average molecular weight is 425 g/mol. The van der Waals surface area contributed by atoms with E-state index in [1.165, 1.54) is 11.8 Å². The fraction of sp³-hybridized carbons (Fsp3) is 0.348. The molecule has 0 amide bonds. The van der Waals surface area contributed by atoms with Crippen molar-refractivity contribution in [3.8, 4) is 17.1 Å². The number of aryl methyl sites for hydroxylation is 1. The molecule has 6 nitrogen and oxygen atoms in total. The van der Waals surface area contributed by atoms with Crippen molar-refractivity contribution >= 4 is 17.5 Å². The third kappa shape index (κ3) is 4.36. The van der Waals surface area contributed by atoms with Gasteiger partial charge in [-0.15, -0.1) is 16.8 Å². The molecule has 0 saturated carbocycles. The predicted octanol–water partition coefficient (Wildman–Crippen LogP) is 5.11. The number of Topliss-reactive ketones (excluding diaryl/α,β-unsaturated/α-hetero) is 1. The number of hydrogen-bond acceptors (Lipinski definition) is 5. The third-order valence-corrected chi connectivity index (χ3v) is 5.98. The van der Waals surface area contributed by atoms with Gasteiger partial charge < -0.3 is 9.30 Å². The summed E-state index contributed by atoms with van der Waals surface area (Å²) in [6.07, 6.45) is 1.80. The quantitative estimate of drug-likeness (QED) is 0.271. The van der Waals surface area contributed by atoms with E-state index >= 15 is 0 Å². The number of carbonyl (C=O) groups excluding carboxylic acids is 1. The Hall–Kier alpha value is -2.80. The molecule has 2 aromatic heterocycles. The van der Waals surface area contributed by atoms with Crippen LogP contribution in [0.3, 0.4) is 0 Å². The summed E-state index contributed by atoms with van der Waals surface area (Å²) in [5, 5.41) is 9.39. The number of ether oxygens (including phenoxy) is 1. The molecule has 30 heavy (non-hydrogen) atoms. The summed E-state index contributed by atoms with van der Waals surface area (Å²) < 4.78 is 9.40. The second kappa shape index (κ2) is 9.34. The van der Waals surface area contributed by atoms with Crippen LogP contribution in [0.15, 0.2) is 48.1 Å². The first-order valence-corrected chi connectivity index (χ1v) is 10.9. The number of carbonyl (C=O) groups is 1. The number of thioether (sulfide) groups is 1. The van der Waals surface area contributed by atoms with Gasteiger partial charge >= 0.3 is 0 Å². The monoisotopic (exact) mass is 424 g/mol. The Labute approximate surface area is 182 Å². The summed E-state index contributed by atoms with van der Waals surface area (Å²) in [6.45, 7) is 12.7. The van der Waals surface area contributed by atoms with Gasteiger partial charge in [-0.2, -0.15) is 0 Å². The van der Waals surface area contributed by atoms with Gasteiger partial charge in [0, 0.05) is 35.1 Å². The van der Waals surface area contributed by atoms with E-state index in [4.69, 9.17) is 4.74 Å². The number of ketones is 1. The van der Waals surface area contributed by atoms with Crippen LogP contribution in [-0.4, -0.2) is 38.0 Å². The molecule has 3 rings (SSSR count). The van der Waals surface area contributed by atoms with E-state index < -0.39 is 0 Å². The van der Waals surface area contributed by atoms with Crippen molar-refractivity contribution in [2.24, 2.45) is 0 Å². The zero-order valence-electron chi connectivity index (χ0n) is 18.2. The molecule has 0 aliphatic carbocycles. The minimum absolute atomic E-state index is 0.0964. The number of aromatic nitrogens is 4. The highest BCUT2D eigenvalue weighted by molar-refractivity contribution is 7.99. The van der Waals surface area contributed by atoms with Crippen molar-refractivity contribution in [3.63, 3.8) is 0 Å². The maximum atomic E-state index is 12.9. The first kappa shape index (κ1) is 21.9. The molecular formula is C23H28N4O2S. The number of hydrogen-bond donors (Lipinski definition) is 0. The molecule has 0 saturated heterocycles. The highest BCUT2D eigenvalue weighted by Crippen LogP contribution is 2.27. The normalized spacial score (nSPS) is 11.1. The lowest BCUT2D eigenvalue weighted by molar-refractivity contribution is 0.102. The number of methoxy groups -OCH3 is 1. The van der Waals surface area contributed by atoms with Crippen molar-refractivity contribution in [2.45, 2.75) is 45.4 Å². The van der Waals surface area contributed by atoms with Gasteiger partial charge in [0.25, 0.3) is 0 Å². The van der Waals surface area contributed by atoms with Gasteiger partial charge in [0.1, 0.15) is 5.75 Å². The van der Waals surface area contributed by atoms with Crippen LogP contribution in [0.4, 0.5) is 0 Å². The highest BCUT2D eigenvalue weighted by Gasteiger charge is 2.19. The summed E-state index contributed by atoms with van der Waals surface area (Å²) in [5.41, 5.74) is 3.83. The van der Waals surface area contributed by atoms with Gasteiger partial charge in [0.05, 0.1) is 12.9 Å². The Morgan fingerprint density at radius 3 is 2.50 bits per heavy atom. The van der Waals surface area contributed by atoms with E-state index in [1.54, 1.807) is 13.2 Å². The van der Waals surface area contributed by atoms with Crippen molar-refractivity contribution in [1.82, 2.24) is 19.3 Å². The molecule has 0 spiro atoms. The lowest BCUT2D eigenvalue weighted by atomic mass is 10.2. The largest absolute Gasteiger partial charge is 0.497 e. The van der Waals surface area contributed by atoms with Crippen LogP contribution < -0.4 is 4.74 Å². The Kier molecular flexibility index (Phi) is 6.82. The zero-order valence-corrected chi connectivity index (χ0v) is 19.0. The second-order valence-corrected chi connectivity index (χ2v) is 8.34. The van der Waals surface area contributed by atoms with E-state index in [9.17, 15) is 4.79 Å². The van der Waals surface area contributed by atoms with Crippen LogP contribution in [0.1, 0.15) is 41.6 Å². The van der Waals surface area contributed by atoms with Gasteiger partial charge in [0.2, 0.25) is 0 Å². The van der Waals surface area contributed by atoms with Crippen LogP contribution in [0.2, 0.25) is 0 Å². The summed E-state index contributed by atoms with van der Waals surface area (Å²) in [5.74, 6) is 1.93. The molecule has 0 aliphatic heterocycles. The third-order valence-electron chi connectivity index (χ3n) is 5.01. The highest BCUT2D eigenvalue weighted by atomic mass is 32.2. The molecule has 0 fully saturated rings. The molecule has 0 radical (unpaired) electrons. The molecule has 0 unspecified atom stereocenters. The SMILES string of the molecule is C=CCn1c(SCC(=O)c2cc(C)n(C(C)C)c2C)nnc1-c1ccc(OC)cc1. The minimum Gasteiger partial charge on any atom is -0.497 e. The summed E-state index contributed by atoms with van der Waals surface area (Å²) in [7, 11) is 1.64. The molecule has 1 aromatic carbocycles. The van der Waals surface area contributed by atoms with Gasteiger partial charge in [0.15, 0.2) is 16.8 Å². The second-order valence-electron chi connectivity index (χ2n) is 7.39. The number of nitrogens with zero attached hydrogens (tertiary/aromatic N) is 4. The van der Waals surface area contributed by atoms with Gasteiger partial charge in [-0.1, -0.05) is 17.8 Å². The smallest absolute Gasteiger partial charge is 0.192 e. The Balaban J connectivity index is 1.81.